The Morgan fingerprint density at radius 3 is 2.41 bits per heavy atom. The van der Waals surface area contributed by atoms with Gasteiger partial charge in [0, 0.05) is 24.0 Å². The molecular weight excluding hydrogens is 366 g/mol. The van der Waals surface area contributed by atoms with Crippen molar-refractivity contribution in [2.45, 2.75) is 26.8 Å². The highest BCUT2D eigenvalue weighted by Crippen LogP contribution is 2.21. The fraction of sp³-hybridized carbons (Fsp3) is 0.300. The van der Waals surface area contributed by atoms with Crippen LogP contribution in [0.4, 0.5) is 17.1 Å². The van der Waals surface area contributed by atoms with Crippen LogP contribution in [-0.4, -0.2) is 31.1 Å². The third-order valence-electron chi connectivity index (χ3n) is 4.01. The summed E-state index contributed by atoms with van der Waals surface area (Å²) < 4.78 is 5.01. The molecule has 0 bridgehead atoms. The minimum absolute atomic E-state index is 0.238. The van der Waals surface area contributed by atoms with Gasteiger partial charge in [0.05, 0.1) is 16.3 Å². The van der Waals surface area contributed by atoms with Crippen molar-refractivity contribution in [1.82, 2.24) is 0 Å². The van der Waals surface area contributed by atoms with Gasteiger partial charge in [0.2, 0.25) is 0 Å². The first-order valence-electron chi connectivity index (χ1n) is 8.70. The van der Waals surface area contributed by atoms with Crippen molar-refractivity contribution in [2.75, 3.05) is 29.1 Å². The van der Waals surface area contributed by atoms with Gasteiger partial charge in [0.25, 0.3) is 5.91 Å². The lowest BCUT2D eigenvalue weighted by Crippen LogP contribution is -2.30. The van der Waals surface area contributed by atoms with Gasteiger partial charge in [0.15, 0.2) is 6.61 Å². The van der Waals surface area contributed by atoms with E-state index in [-0.39, 0.29) is 11.3 Å². The number of hydrogen-bond donors (Lipinski definition) is 2. The molecule has 0 aliphatic heterocycles. The Morgan fingerprint density at radius 1 is 1.19 bits per heavy atom. The van der Waals surface area contributed by atoms with E-state index in [0.29, 0.717) is 16.8 Å². The van der Waals surface area contributed by atoms with E-state index in [1.807, 2.05) is 24.3 Å². The molecule has 0 fully saturated rings. The quantitative estimate of drug-likeness (QED) is 0.553. The number of nitrogens with zero attached hydrogens (tertiary/aromatic N) is 1. The van der Waals surface area contributed by atoms with Crippen LogP contribution >= 0.6 is 11.6 Å². The van der Waals surface area contributed by atoms with Crippen molar-refractivity contribution in [3.05, 3.63) is 53.1 Å². The van der Waals surface area contributed by atoms with Crippen molar-refractivity contribution in [1.29, 1.82) is 0 Å². The van der Waals surface area contributed by atoms with E-state index in [1.54, 1.807) is 0 Å². The van der Waals surface area contributed by atoms with Crippen LogP contribution in [0.2, 0.25) is 5.02 Å². The number of amides is 1. The average Bonchev–Trinajstić information content (AvgIpc) is 2.63. The highest BCUT2D eigenvalue weighted by molar-refractivity contribution is 6.33. The summed E-state index contributed by atoms with van der Waals surface area (Å²) in [5.74, 6) is -1.06. The SMILES string of the molecule is CCN(c1ccc(NC(=O)COC(=O)c2ccc(Cl)c(N)c2)cc1)C(C)C. The highest BCUT2D eigenvalue weighted by Gasteiger charge is 2.12. The maximum atomic E-state index is 12.0. The molecular formula is C20H24ClN3O3. The predicted molar refractivity (Wildman–Crippen MR) is 109 cm³/mol. The van der Waals surface area contributed by atoms with Crippen LogP contribution in [0.3, 0.4) is 0 Å². The summed E-state index contributed by atoms with van der Waals surface area (Å²) in [6.07, 6.45) is 0. The molecule has 0 atom stereocenters. The van der Waals surface area contributed by atoms with Gasteiger partial charge in [-0.05, 0) is 63.2 Å². The number of anilines is 3. The van der Waals surface area contributed by atoms with Gasteiger partial charge in [-0.15, -0.1) is 0 Å². The lowest BCUT2D eigenvalue weighted by atomic mass is 10.2. The van der Waals surface area contributed by atoms with Gasteiger partial charge in [-0.3, -0.25) is 4.79 Å². The van der Waals surface area contributed by atoms with E-state index in [9.17, 15) is 9.59 Å². The Balaban J connectivity index is 1.90. The topological polar surface area (TPSA) is 84.7 Å². The highest BCUT2D eigenvalue weighted by atomic mass is 35.5. The number of nitrogen functional groups attached to an aromatic ring is 1. The zero-order valence-corrected chi connectivity index (χ0v) is 16.4. The van der Waals surface area contributed by atoms with Crippen LogP contribution in [0.1, 0.15) is 31.1 Å². The van der Waals surface area contributed by atoms with E-state index in [2.05, 4.69) is 31.0 Å². The van der Waals surface area contributed by atoms with Crippen molar-refractivity contribution in [3.8, 4) is 0 Å². The zero-order chi connectivity index (χ0) is 20.0. The van der Waals surface area contributed by atoms with E-state index in [0.717, 1.165) is 12.2 Å². The molecule has 1 amide bonds. The number of nitrogens with two attached hydrogens (primary N) is 1. The van der Waals surface area contributed by atoms with Crippen LogP contribution in [0.15, 0.2) is 42.5 Å². The molecule has 3 N–H and O–H groups in total. The van der Waals surface area contributed by atoms with E-state index >= 15 is 0 Å². The minimum atomic E-state index is -0.639. The number of carbonyl (C=O) groups excluding carboxylic acids is 2. The molecule has 0 radical (unpaired) electrons. The van der Waals surface area contributed by atoms with Gasteiger partial charge in [-0.2, -0.15) is 0 Å². The van der Waals surface area contributed by atoms with Gasteiger partial charge in [-0.1, -0.05) is 11.6 Å². The second-order valence-corrected chi connectivity index (χ2v) is 6.69. The molecule has 6 nitrogen and oxygen atoms in total. The van der Waals surface area contributed by atoms with Crippen LogP contribution < -0.4 is 16.0 Å². The maximum Gasteiger partial charge on any atom is 0.338 e. The number of rotatable bonds is 7. The van der Waals surface area contributed by atoms with Crippen LogP contribution in [-0.2, 0) is 9.53 Å². The predicted octanol–water partition coefficient (Wildman–Crippen LogP) is 3.95. The van der Waals surface area contributed by atoms with Crippen molar-refractivity contribution in [3.63, 3.8) is 0 Å². The smallest absolute Gasteiger partial charge is 0.338 e. The van der Waals surface area contributed by atoms with Gasteiger partial charge in [-0.25, -0.2) is 4.79 Å². The number of esters is 1. The summed E-state index contributed by atoms with van der Waals surface area (Å²) >= 11 is 5.82. The fourth-order valence-corrected chi connectivity index (χ4v) is 2.78. The molecule has 0 aliphatic rings. The summed E-state index contributed by atoms with van der Waals surface area (Å²) in [5.41, 5.74) is 7.89. The van der Waals surface area contributed by atoms with Gasteiger partial charge in [0.1, 0.15) is 0 Å². The second-order valence-electron chi connectivity index (χ2n) is 6.29. The van der Waals surface area contributed by atoms with Crippen LogP contribution in [0.25, 0.3) is 0 Å². The largest absolute Gasteiger partial charge is 0.452 e. The van der Waals surface area contributed by atoms with Crippen LogP contribution in [0.5, 0.6) is 0 Å². The van der Waals surface area contributed by atoms with Crippen molar-refractivity contribution < 1.29 is 14.3 Å². The lowest BCUT2D eigenvalue weighted by Gasteiger charge is -2.27. The number of hydrogen-bond acceptors (Lipinski definition) is 5. The first kappa shape index (κ1) is 20.6. The third kappa shape index (κ3) is 5.62. The molecule has 0 aromatic heterocycles. The molecule has 0 saturated heterocycles. The molecule has 27 heavy (non-hydrogen) atoms. The normalized spacial score (nSPS) is 10.6. The molecule has 0 heterocycles. The van der Waals surface area contributed by atoms with E-state index in [4.69, 9.17) is 22.1 Å². The maximum absolute atomic E-state index is 12.0. The summed E-state index contributed by atoms with van der Waals surface area (Å²) in [6.45, 7) is 6.85. The molecule has 2 aromatic rings. The molecule has 0 spiro atoms. The average molecular weight is 390 g/mol. The lowest BCUT2D eigenvalue weighted by molar-refractivity contribution is -0.119. The molecule has 7 heteroatoms. The molecule has 2 rings (SSSR count). The zero-order valence-electron chi connectivity index (χ0n) is 15.7. The monoisotopic (exact) mass is 389 g/mol. The van der Waals surface area contributed by atoms with E-state index < -0.39 is 18.5 Å². The summed E-state index contributed by atoms with van der Waals surface area (Å²) in [5, 5.41) is 3.06. The first-order chi connectivity index (χ1) is 12.8. The Kier molecular flexibility index (Phi) is 7.07. The standard InChI is InChI=1S/C20H24ClN3O3/c1-4-24(13(2)3)16-8-6-15(7-9-16)23-19(25)12-27-20(26)14-5-10-17(21)18(22)11-14/h5-11,13H,4,12,22H2,1-3H3,(H,23,25). The van der Waals surface area contributed by atoms with Crippen molar-refractivity contribution in [2.24, 2.45) is 0 Å². The number of carbonyl (C=O) groups is 2. The number of benzene rings is 2. The molecule has 2 aromatic carbocycles. The number of nitrogens with one attached hydrogen (secondary N) is 1. The van der Waals surface area contributed by atoms with Gasteiger partial charge >= 0.3 is 5.97 Å². The number of halogens is 1. The Morgan fingerprint density at radius 2 is 1.85 bits per heavy atom. The Labute approximate surface area is 164 Å². The molecule has 144 valence electrons. The van der Waals surface area contributed by atoms with E-state index in [1.165, 1.54) is 18.2 Å². The second kappa shape index (κ2) is 9.28. The molecule has 0 aliphatic carbocycles. The first-order valence-corrected chi connectivity index (χ1v) is 9.08. The molecule has 0 saturated carbocycles. The number of ether oxygens (including phenoxy) is 1. The summed E-state index contributed by atoms with van der Waals surface area (Å²) in [7, 11) is 0. The van der Waals surface area contributed by atoms with Crippen LogP contribution in [0, 0.1) is 0 Å². The third-order valence-corrected chi connectivity index (χ3v) is 4.36. The minimum Gasteiger partial charge on any atom is -0.452 e. The fourth-order valence-electron chi connectivity index (χ4n) is 2.66. The molecule has 0 unspecified atom stereocenters. The van der Waals surface area contributed by atoms with Crippen molar-refractivity contribution >= 4 is 40.5 Å². The Hall–Kier alpha value is -2.73. The summed E-state index contributed by atoms with van der Waals surface area (Å²) in [4.78, 5) is 26.2. The van der Waals surface area contributed by atoms with Gasteiger partial charge < -0.3 is 20.7 Å². The Bertz CT molecular complexity index is 807. The summed E-state index contributed by atoms with van der Waals surface area (Å²) in [6, 6.07) is 12.3.